The SMILES string of the molecule is CC(=O)O[C@@H](C1CC[C@H]2C(O1)[C@H](O)C1C3CCC4C(C)(C)[C@@H](OC5C[C@@H](O)C(O)CO5)CC[C@@]45C[C@@]35CCC12C)C(C)(C)O. The van der Waals surface area contributed by atoms with Crippen LogP contribution in [0.1, 0.15) is 106 Å². The van der Waals surface area contributed by atoms with Gasteiger partial charge in [-0.15, -0.1) is 0 Å². The third-order valence-corrected chi connectivity index (χ3v) is 14.5. The third-order valence-electron chi connectivity index (χ3n) is 14.5. The van der Waals surface area contributed by atoms with Gasteiger partial charge in [0.15, 0.2) is 12.4 Å². The fourth-order valence-electron chi connectivity index (χ4n) is 12.6. The maximum Gasteiger partial charge on any atom is 0.303 e. The number of aliphatic hydroxyl groups excluding tert-OH is 3. The molecule has 7 aliphatic rings. The Hall–Kier alpha value is -0.810. The largest absolute Gasteiger partial charge is 0.457 e. The summed E-state index contributed by atoms with van der Waals surface area (Å²) >= 11 is 0. The summed E-state index contributed by atoms with van der Waals surface area (Å²) in [6.07, 6.45) is 5.58. The number of hydrogen-bond acceptors (Lipinski definition) is 9. The van der Waals surface area contributed by atoms with E-state index in [1.165, 1.54) is 19.8 Å². The van der Waals surface area contributed by atoms with Crippen molar-refractivity contribution in [1.29, 1.82) is 0 Å². The topological polar surface area (TPSA) is 135 Å². The van der Waals surface area contributed by atoms with Crippen molar-refractivity contribution in [2.45, 2.75) is 160 Å². The molecule has 15 atom stereocenters. The second-order valence-corrected chi connectivity index (χ2v) is 17.4. The first-order valence-electron chi connectivity index (χ1n) is 17.4. The Balaban J connectivity index is 1.09. The highest BCUT2D eigenvalue weighted by molar-refractivity contribution is 5.66. The lowest BCUT2D eigenvalue weighted by Crippen LogP contribution is -2.56. The summed E-state index contributed by atoms with van der Waals surface area (Å²) in [4.78, 5) is 11.9. The zero-order chi connectivity index (χ0) is 31.6. The Labute approximate surface area is 262 Å². The molecule has 7 rings (SSSR count). The molecule has 5 saturated carbocycles. The van der Waals surface area contributed by atoms with E-state index in [0.717, 1.165) is 38.5 Å². The lowest BCUT2D eigenvalue weighted by molar-refractivity contribution is -0.264. The van der Waals surface area contributed by atoms with Crippen LogP contribution < -0.4 is 0 Å². The Bertz CT molecular complexity index is 1140. The van der Waals surface area contributed by atoms with Gasteiger partial charge in [0.1, 0.15) is 6.10 Å². The van der Waals surface area contributed by atoms with Crippen LogP contribution in [0.3, 0.4) is 0 Å². The van der Waals surface area contributed by atoms with Crippen LogP contribution >= 0.6 is 0 Å². The molecule has 7 fully saturated rings. The third kappa shape index (κ3) is 4.46. The Kier molecular flexibility index (Phi) is 7.47. The van der Waals surface area contributed by atoms with Crippen LogP contribution in [0.4, 0.5) is 0 Å². The first kappa shape index (κ1) is 31.8. The summed E-state index contributed by atoms with van der Waals surface area (Å²) in [7, 11) is 0. The molecule has 9 nitrogen and oxygen atoms in total. The van der Waals surface area contributed by atoms with Gasteiger partial charge in [0.05, 0.1) is 42.7 Å². The molecule has 250 valence electrons. The van der Waals surface area contributed by atoms with E-state index in [1.54, 1.807) is 13.8 Å². The lowest BCUT2D eigenvalue weighted by atomic mass is 9.46. The second kappa shape index (κ2) is 10.3. The molecule has 2 heterocycles. The average Bonchev–Trinajstić information content (AvgIpc) is 3.55. The van der Waals surface area contributed by atoms with Crippen LogP contribution in [0.2, 0.25) is 0 Å². The summed E-state index contributed by atoms with van der Waals surface area (Å²) < 4.78 is 24.6. The maximum absolute atomic E-state index is 12.1. The van der Waals surface area contributed by atoms with Crippen molar-refractivity contribution in [2.75, 3.05) is 6.61 Å². The number of fused-ring (bicyclic) bond motifs is 4. The smallest absolute Gasteiger partial charge is 0.303 e. The number of esters is 1. The predicted molar refractivity (Wildman–Crippen MR) is 160 cm³/mol. The van der Waals surface area contributed by atoms with Crippen molar-refractivity contribution in [3.8, 4) is 0 Å². The fraction of sp³-hybridized carbons (Fsp3) is 0.971. The number of aliphatic hydroxyl groups is 4. The number of ether oxygens (including phenoxy) is 4. The van der Waals surface area contributed by atoms with Crippen molar-refractivity contribution in [1.82, 2.24) is 0 Å². The summed E-state index contributed by atoms with van der Waals surface area (Å²) in [5.41, 5.74) is -0.745. The molecule has 9 heteroatoms. The molecule has 0 amide bonds. The quantitative estimate of drug-likeness (QED) is 0.268. The molecule has 0 radical (unpaired) electrons. The molecule has 2 saturated heterocycles. The number of carbonyl (C=O) groups is 1. The highest BCUT2D eigenvalue weighted by atomic mass is 16.7. The highest BCUT2D eigenvalue weighted by Crippen LogP contribution is 2.87. The van der Waals surface area contributed by atoms with Crippen LogP contribution in [-0.4, -0.2) is 87.6 Å². The Morgan fingerprint density at radius 1 is 0.932 bits per heavy atom. The molecule has 0 bridgehead atoms. The molecular weight excluding hydrogens is 564 g/mol. The fourth-order valence-corrected chi connectivity index (χ4v) is 12.6. The number of rotatable bonds is 5. The molecule has 8 unspecified atom stereocenters. The van der Waals surface area contributed by atoms with Gasteiger partial charge in [-0.2, -0.15) is 0 Å². The van der Waals surface area contributed by atoms with Gasteiger partial charge in [0.2, 0.25) is 0 Å². The number of carbonyl (C=O) groups excluding carboxylic acids is 1. The molecular formula is C35H56O9. The molecule has 2 aliphatic heterocycles. The van der Waals surface area contributed by atoms with E-state index in [0.29, 0.717) is 24.7 Å². The van der Waals surface area contributed by atoms with E-state index in [-0.39, 0.29) is 52.3 Å². The monoisotopic (exact) mass is 620 g/mol. The normalized spacial score (nSPS) is 53.3. The molecule has 2 spiro atoms. The summed E-state index contributed by atoms with van der Waals surface area (Å²) in [5, 5.41) is 43.1. The molecule has 4 N–H and O–H groups in total. The van der Waals surface area contributed by atoms with E-state index < -0.39 is 48.4 Å². The Morgan fingerprint density at radius 2 is 1.66 bits per heavy atom. The molecule has 0 aromatic heterocycles. The minimum absolute atomic E-state index is 0.00675. The van der Waals surface area contributed by atoms with Crippen molar-refractivity contribution in [3.63, 3.8) is 0 Å². The molecule has 0 aromatic carbocycles. The summed E-state index contributed by atoms with van der Waals surface area (Å²) in [6, 6.07) is 0. The summed E-state index contributed by atoms with van der Waals surface area (Å²) in [5.74, 6) is 1.00. The van der Waals surface area contributed by atoms with E-state index >= 15 is 0 Å². The van der Waals surface area contributed by atoms with Crippen LogP contribution in [0.15, 0.2) is 0 Å². The van der Waals surface area contributed by atoms with Crippen molar-refractivity contribution < 1.29 is 44.2 Å². The van der Waals surface area contributed by atoms with Gasteiger partial charge in [0, 0.05) is 13.3 Å². The molecule has 0 aromatic rings. The first-order chi connectivity index (χ1) is 20.5. The van der Waals surface area contributed by atoms with Gasteiger partial charge < -0.3 is 39.4 Å². The standard InChI is InChI=1S/C35H56O9/c1-18(36)42-30(32(4,5)40)23-9-7-20-29(43-23)28(39)27-19-8-10-24-31(2,3)25(44-26-15-21(37)22(38)16-41-26)11-12-35(24)17-34(19,35)14-13-33(20,27)6/h19-30,37-40H,7-17H2,1-6H3/t19?,20-,21+,22?,23?,24?,25-,26?,27?,28+,29?,30-,33?,34-,35+/m0/s1. The van der Waals surface area contributed by atoms with Gasteiger partial charge >= 0.3 is 5.97 Å². The second-order valence-electron chi connectivity index (χ2n) is 17.4. The molecule has 44 heavy (non-hydrogen) atoms. The van der Waals surface area contributed by atoms with Gasteiger partial charge in [0.25, 0.3) is 0 Å². The van der Waals surface area contributed by atoms with Gasteiger partial charge in [-0.05, 0) is 117 Å². The highest BCUT2D eigenvalue weighted by Gasteiger charge is 2.81. The van der Waals surface area contributed by atoms with E-state index in [9.17, 15) is 25.2 Å². The van der Waals surface area contributed by atoms with Crippen molar-refractivity contribution >= 4 is 5.97 Å². The van der Waals surface area contributed by atoms with E-state index in [4.69, 9.17) is 18.9 Å². The van der Waals surface area contributed by atoms with Crippen LogP contribution in [0, 0.1) is 45.3 Å². The van der Waals surface area contributed by atoms with Gasteiger partial charge in [-0.3, -0.25) is 4.79 Å². The van der Waals surface area contributed by atoms with Crippen molar-refractivity contribution in [3.05, 3.63) is 0 Å². The number of hydrogen-bond donors (Lipinski definition) is 4. The van der Waals surface area contributed by atoms with Gasteiger partial charge in [-0.1, -0.05) is 20.8 Å². The van der Waals surface area contributed by atoms with Crippen molar-refractivity contribution in [2.24, 2.45) is 45.3 Å². The minimum atomic E-state index is -1.24. The molecule has 5 aliphatic carbocycles. The van der Waals surface area contributed by atoms with E-state index in [2.05, 4.69) is 20.8 Å². The van der Waals surface area contributed by atoms with Crippen LogP contribution in [0.5, 0.6) is 0 Å². The van der Waals surface area contributed by atoms with Crippen LogP contribution in [0.25, 0.3) is 0 Å². The average molecular weight is 621 g/mol. The lowest BCUT2D eigenvalue weighted by Gasteiger charge is -2.60. The van der Waals surface area contributed by atoms with E-state index in [1.807, 2.05) is 0 Å². The van der Waals surface area contributed by atoms with Crippen LogP contribution in [-0.2, 0) is 23.7 Å². The Morgan fingerprint density at radius 3 is 2.34 bits per heavy atom. The van der Waals surface area contributed by atoms with Gasteiger partial charge in [-0.25, -0.2) is 0 Å². The zero-order valence-electron chi connectivity index (χ0n) is 27.5. The zero-order valence-corrected chi connectivity index (χ0v) is 27.5. The maximum atomic E-state index is 12.1. The first-order valence-corrected chi connectivity index (χ1v) is 17.4. The minimum Gasteiger partial charge on any atom is -0.457 e. The summed E-state index contributed by atoms with van der Waals surface area (Å²) in [6.45, 7) is 11.9. The predicted octanol–water partition coefficient (Wildman–Crippen LogP) is 3.72.